The fraction of sp³-hybridized carbons (Fsp3) is 0.857. The van der Waals surface area contributed by atoms with Gasteiger partial charge in [-0.25, -0.2) is 0 Å². The molecular formula is C7H13NO2. The van der Waals surface area contributed by atoms with Gasteiger partial charge in [-0.3, -0.25) is 4.79 Å². The molecule has 0 aromatic rings. The van der Waals surface area contributed by atoms with E-state index < -0.39 is 0 Å². The van der Waals surface area contributed by atoms with E-state index >= 15 is 0 Å². The van der Waals surface area contributed by atoms with Crippen molar-refractivity contribution in [2.24, 2.45) is 5.92 Å². The van der Waals surface area contributed by atoms with Crippen molar-refractivity contribution >= 4 is 6.47 Å². The number of hydrogen-bond donors (Lipinski definition) is 1. The molecule has 0 bridgehead atoms. The molecule has 1 N–H and O–H groups in total. The van der Waals surface area contributed by atoms with Crippen molar-refractivity contribution in [1.82, 2.24) is 5.32 Å². The molecule has 0 saturated carbocycles. The highest BCUT2D eigenvalue weighted by Gasteiger charge is 2.21. The summed E-state index contributed by atoms with van der Waals surface area (Å²) in [5.41, 5.74) is 0. The van der Waals surface area contributed by atoms with Crippen molar-refractivity contribution in [1.29, 1.82) is 0 Å². The Kier molecular flexibility index (Phi) is 2.68. The number of piperidine rings is 1. The number of hydrogen-bond acceptors (Lipinski definition) is 3. The minimum atomic E-state index is 0.138. The predicted molar refractivity (Wildman–Crippen MR) is 37.6 cm³/mol. The van der Waals surface area contributed by atoms with Gasteiger partial charge < -0.3 is 10.1 Å². The van der Waals surface area contributed by atoms with Gasteiger partial charge in [0.2, 0.25) is 0 Å². The van der Waals surface area contributed by atoms with Crippen LogP contribution in [0.15, 0.2) is 0 Å². The van der Waals surface area contributed by atoms with Crippen LogP contribution < -0.4 is 5.32 Å². The van der Waals surface area contributed by atoms with Gasteiger partial charge >= 0.3 is 0 Å². The van der Waals surface area contributed by atoms with E-state index in [2.05, 4.69) is 12.2 Å². The molecule has 10 heavy (non-hydrogen) atoms. The molecule has 2 unspecified atom stereocenters. The van der Waals surface area contributed by atoms with Crippen molar-refractivity contribution in [2.75, 3.05) is 13.1 Å². The Morgan fingerprint density at radius 1 is 1.70 bits per heavy atom. The number of carbonyl (C=O) groups is 1. The number of rotatable bonds is 2. The van der Waals surface area contributed by atoms with Crippen molar-refractivity contribution < 1.29 is 9.53 Å². The minimum absolute atomic E-state index is 0.138. The molecule has 2 atom stereocenters. The Hall–Kier alpha value is -0.570. The predicted octanol–water partition coefficient (Wildman–Crippen LogP) is 0.157. The maximum absolute atomic E-state index is 9.98. The highest BCUT2D eigenvalue weighted by molar-refractivity contribution is 5.37. The summed E-state index contributed by atoms with van der Waals surface area (Å²) in [5, 5.41) is 3.23. The van der Waals surface area contributed by atoms with Crippen LogP contribution in [0, 0.1) is 5.92 Å². The van der Waals surface area contributed by atoms with E-state index in [1.165, 1.54) is 0 Å². The molecule has 0 amide bonds. The molecule has 1 heterocycles. The second kappa shape index (κ2) is 3.56. The van der Waals surface area contributed by atoms with Gasteiger partial charge in [-0.15, -0.1) is 0 Å². The average molecular weight is 143 g/mol. The number of ether oxygens (including phenoxy) is 1. The number of nitrogens with one attached hydrogen (secondary N) is 1. The van der Waals surface area contributed by atoms with Crippen LogP contribution in [-0.4, -0.2) is 25.7 Å². The van der Waals surface area contributed by atoms with E-state index in [1.54, 1.807) is 0 Å². The molecule has 1 aliphatic heterocycles. The Morgan fingerprint density at radius 2 is 2.50 bits per heavy atom. The molecule has 58 valence electrons. The minimum Gasteiger partial charge on any atom is -0.464 e. The van der Waals surface area contributed by atoms with Crippen LogP contribution in [0.25, 0.3) is 0 Å². The summed E-state index contributed by atoms with van der Waals surface area (Å²) in [7, 11) is 0. The van der Waals surface area contributed by atoms with Crippen molar-refractivity contribution in [3.63, 3.8) is 0 Å². The quantitative estimate of drug-likeness (QED) is 0.559. The van der Waals surface area contributed by atoms with Crippen LogP contribution in [0.5, 0.6) is 0 Å². The van der Waals surface area contributed by atoms with Gasteiger partial charge in [0.05, 0.1) is 0 Å². The van der Waals surface area contributed by atoms with Gasteiger partial charge in [0, 0.05) is 12.5 Å². The lowest BCUT2D eigenvalue weighted by Crippen LogP contribution is -2.39. The Labute approximate surface area is 60.7 Å². The molecular weight excluding hydrogens is 130 g/mol. The zero-order chi connectivity index (χ0) is 7.40. The average Bonchev–Trinajstić information content (AvgIpc) is 1.94. The summed E-state index contributed by atoms with van der Waals surface area (Å²) in [6.07, 6.45) is 1.08. The van der Waals surface area contributed by atoms with Gasteiger partial charge in [0.25, 0.3) is 6.47 Å². The molecule has 0 spiro atoms. The fourth-order valence-corrected chi connectivity index (χ4v) is 1.26. The molecule has 3 heteroatoms. The molecule has 0 aromatic heterocycles. The van der Waals surface area contributed by atoms with E-state index in [4.69, 9.17) is 4.74 Å². The first-order valence-electron chi connectivity index (χ1n) is 3.64. The van der Waals surface area contributed by atoms with Crippen LogP contribution >= 0.6 is 0 Å². The van der Waals surface area contributed by atoms with E-state index in [0.717, 1.165) is 19.5 Å². The third-order valence-electron chi connectivity index (χ3n) is 1.94. The molecule has 1 aliphatic rings. The summed E-state index contributed by atoms with van der Waals surface area (Å²) >= 11 is 0. The Balaban J connectivity index is 2.32. The summed E-state index contributed by atoms with van der Waals surface area (Å²) < 4.78 is 4.87. The summed E-state index contributed by atoms with van der Waals surface area (Å²) in [4.78, 5) is 9.98. The first-order valence-corrected chi connectivity index (χ1v) is 3.64. The standard InChI is InChI=1S/C7H13NO2/c1-6-4-8-3-2-7(6)10-5-9/h5-8H,2-4H2,1H3. The SMILES string of the molecule is CC1CNCCC1OC=O. The second-order valence-corrected chi connectivity index (χ2v) is 2.74. The van der Waals surface area contributed by atoms with Crippen LogP contribution in [0.4, 0.5) is 0 Å². The molecule has 0 radical (unpaired) electrons. The Bertz CT molecular complexity index is 116. The van der Waals surface area contributed by atoms with E-state index in [9.17, 15) is 4.79 Å². The molecule has 0 aromatic carbocycles. The van der Waals surface area contributed by atoms with Gasteiger partial charge in [-0.05, 0) is 13.0 Å². The first kappa shape index (κ1) is 7.54. The molecule has 1 fully saturated rings. The maximum atomic E-state index is 9.98. The van der Waals surface area contributed by atoms with Crippen LogP contribution in [0.1, 0.15) is 13.3 Å². The van der Waals surface area contributed by atoms with E-state index in [0.29, 0.717) is 12.4 Å². The van der Waals surface area contributed by atoms with Crippen LogP contribution in [-0.2, 0) is 9.53 Å². The third-order valence-corrected chi connectivity index (χ3v) is 1.94. The van der Waals surface area contributed by atoms with Crippen LogP contribution in [0.3, 0.4) is 0 Å². The van der Waals surface area contributed by atoms with Gasteiger partial charge in [-0.1, -0.05) is 6.92 Å². The van der Waals surface area contributed by atoms with Gasteiger partial charge in [-0.2, -0.15) is 0 Å². The van der Waals surface area contributed by atoms with E-state index in [-0.39, 0.29) is 6.10 Å². The third kappa shape index (κ3) is 1.70. The Morgan fingerprint density at radius 3 is 3.10 bits per heavy atom. The molecule has 3 nitrogen and oxygen atoms in total. The number of carbonyl (C=O) groups excluding carboxylic acids is 1. The van der Waals surface area contributed by atoms with Gasteiger partial charge in [0.15, 0.2) is 0 Å². The molecule has 1 saturated heterocycles. The smallest absolute Gasteiger partial charge is 0.293 e. The van der Waals surface area contributed by atoms with Gasteiger partial charge in [0.1, 0.15) is 6.10 Å². The first-order chi connectivity index (χ1) is 4.84. The normalized spacial score (nSPS) is 33.3. The fourth-order valence-electron chi connectivity index (χ4n) is 1.26. The lowest BCUT2D eigenvalue weighted by molar-refractivity contribution is -0.136. The highest BCUT2D eigenvalue weighted by atomic mass is 16.5. The van der Waals surface area contributed by atoms with Crippen LogP contribution in [0.2, 0.25) is 0 Å². The molecule has 0 aliphatic carbocycles. The summed E-state index contributed by atoms with van der Waals surface area (Å²) in [6, 6.07) is 0. The zero-order valence-electron chi connectivity index (χ0n) is 6.17. The lowest BCUT2D eigenvalue weighted by Gasteiger charge is -2.27. The zero-order valence-corrected chi connectivity index (χ0v) is 6.17. The largest absolute Gasteiger partial charge is 0.464 e. The van der Waals surface area contributed by atoms with E-state index in [1.807, 2.05) is 0 Å². The van der Waals surface area contributed by atoms with Crippen molar-refractivity contribution in [2.45, 2.75) is 19.4 Å². The molecule has 1 rings (SSSR count). The monoisotopic (exact) mass is 143 g/mol. The summed E-state index contributed by atoms with van der Waals surface area (Å²) in [6.45, 7) is 4.55. The summed E-state index contributed by atoms with van der Waals surface area (Å²) in [5.74, 6) is 0.457. The highest BCUT2D eigenvalue weighted by Crippen LogP contribution is 2.12. The maximum Gasteiger partial charge on any atom is 0.293 e. The topological polar surface area (TPSA) is 38.3 Å². The van der Waals surface area contributed by atoms with Crippen molar-refractivity contribution in [3.8, 4) is 0 Å². The second-order valence-electron chi connectivity index (χ2n) is 2.74. The van der Waals surface area contributed by atoms with Crippen molar-refractivity contribution in [3.05, 3.63) is 0 Å². The lowest BCUT2D eigenvalue weighted by atomic mass is 9.98.